The molecule has 1 aromatic carbocycles. The number of hydrogen-bond acceptors (Lipinski definition) is 6. The molecule has 5 aromatic rings. The van der Waals surface area contributed by atoms with Crippen molar-refractivity contribution < 1.29 is 18.0 Å². The van der Waals surface area contributed by atoms with Crippen molar-refractivity contribution in [2.24, 2.45) is 0 Å². The summed E-state index contributed by atoms with van der Waals surface area (Å²) in [4.78, 5) is 22.5. The highest BCUT2D eigenvalue weighted by atomic mass is 35.5. The van der Waals surface area contributed by atoms with Gasteiger partial charge in [0, 0.05) is 11.1 Å². The van der Waals surface area contributed by atoms with Crippen molar-refractivity contribution >= 4 is 34.1 Å². The van der Waals surface area contributed by atoms with Gasteiger partial charge in [0.1, 0.15) is 0 Å². The maximum Gasteiger partial charge on any atom is 0.434 e. The first-order valence-electron chi connectivity index (χ1n) is 10.1. The molecule has 0 radical (unpaired) electrons. The average molecular weight is 499 g/mol. The third-order valence-electron chi connectivity index (χ3n) is 5.05. The number of aromatic nitrogens is 7. The van der Waals surface area contributed by atoms with Crippen molar-refractivity contribution in [3.8, 4) is 11.5 Å². The molecule has 0 bridgehead atoms. The van der Waals surface area contributed by atoms with Gasteiger partial charge in [0.2, 0.25) is 0 Å². The van der Waals surface area contributed by atoms with Gasteiger partial charge in [0.05, 0.1) is 52.3 Å². The maximum atomic E-state index is 14.2. The van der Waals surface area contributed by atoms with Crippen LogP contribution in [0.1, 0.15) is 21.7 Å². The number of pyridine rings is 2. The van der Waals surface area contributed by atoms with E-state index in [9.17, 15) is 18.0 Å². The van der Waals surface area contributed by atoms with Crippen molar-refractivity contribution in [2.75, 3.05) is 5.32 Å². The second-order valence-electron chi connectivity index (χ2n) is 7.41. The number of halogens is 4. The van der Waals surface area contributed by atoms with E-state index >= 15 is 0 Å². The van der Waals surface area contributed by atoms with Crippen LogP contribution in [0.15, 0.2) is 61.2 Å². The second kappa shape index (κ2) is 8.47. The van der Waals surface area contributed by atoms with E-state index in [-0.39, 0.29) is 22.2 Å². The molecule has 0 saturated heterocycles. The zero-order chi connectivity index (χ0) is 24.7. The molecule has 0 fully saturated rings. The lowest BCUT2D eigenvalue weighted by atomic mass is 10.1. The Morgan fingerprint density at radius 1 is 1.06 bits per heavy atom. The summed E-state index contributed by atoms with van der Waals surface area (Å²) in [5.74, 6) is -0.834. The Kier molecular flexibility index (Phi) is 5.44. The molecule has 0 unspecified atom stereocenters. The summed E-state index contributed by atoms with van der Waals surface area (Å²) in [5, 5.41) is 14.7. The molecule has 9 nitrogen and oxygen atoms in total. The highest BCUT2D eigenvalue weighted by Gasteiger charge is 2.41. The molecule has 4 aromatic heterocycles. The van der Waals surface area contributed by atoms with Crippen LogP contribution in [0.4, 0.5) is 18.9 Å². The molecule has 0 atom stereocenters. The van der Waals surface area contributed by atoms with Crippen molar-refractivity contribution in [3.05, 3.63) is 83.2 Å². The van der Waals surface area contributed by atoms with E-state index in [4.69, 9.17) is 11.6 Å². The monoisotopic (exact) mass is 498 g/mol. The minimum atomic E-state index is -4.88. The molecule has 0 aliphatic rings. The zero-order valence-corrected chi connectivity index (χ0v) is 18.6. The molecule has 5 rings (SSSR count). The number of nitrogens with one attached hydrogen (secondary N) is 1. The van der Waals surface area contributed by atoms with E-state index in [0.29, 0.717) is 21.3 Å². The van der Waals surface area contributed by atoms with Gasteiger partial charge in [-0.1, -0.05) is 17.7 Å². The number of benzene rings is 1. The van der Waals surface area contributed by atoms with E-state index in [1.165, 1.54) is 35.5 Å². The maximum absolute atomic E-state index is 14.2. The fourth-order valence-electron chi connectivity index (χ4n) is 3.57. The number of amides is 1. The topological polar surface area (TPSA) is 103 Å². The summed E-state index contributed by atoms with van der Waals surface area (Å²) in [6.45, 7) is 1.78. The quantitative estimate of drug-likeness (QED) is 0.387. The second-order valence-corrected chi connectivity index (χ2v) is 7.82. The smallest absolute Gasteiger partial charge is 0.320 e. The summed E-state index contributed by atoms with van der Waals surface area (Å²) in [7, 11) is 0. The highest BCUT2D eigenvalue weighted by molar-refractivity contribution is 6.32. The van der Waals surface area contributed by atoms with Crippen molar-refractivity contribution in [1.82, 2.24) is 34.7 Å². The number of aryl methyl sites for hydroxylation is 1. The number of fused-ring (bicyclic) bond motifs is 1. The SMILES string of the molecule is Cc1ccc2c(-n3ncc(C(=O)Nc4cnc(-n5nccn5)c(Cl)c4)c3C(F)(F)F)cccc2n1. The van der Waals surface area contributed by atoms with Gasteiger partial charge in [-0.25, -0.2) is 9.67 Å². The lowest BCUT2D eigenvalue weighted by Crippen LogP contribution is -2.21. The van der Waals surface area contributed by atoms with Crippen LogP contribution in [-0.2, 0) is 6.18 Å². The fraction of sp³-hybridized carbons (Fsp3) is 0.0909. The minimum absolute atomic E-state index is 0.0848. The first-order chi connectivity index (χ1) is 16.7. The highest BCUT2D eigenvalue weighted by Crippen LogP contribution is 2.35. The van der Waals surface area contributed by atoms with E-state index in [1.54, 1.807) is 31.2 Å². The summed E-state index contributed by atoms with van der Waals surface area (Å²) < 4.78 is 43.2. The molecular weight excluding hydrogens is 485 g/mol. The Morgan fingerprint density at radius 2 is 1.83 bits per heavy atom. The Bertz CT molecular complexity index is 1560. The standard InChI is InChI=1S/C22H14ClF3N8O/c1-12-5-6-14-17(31-12)3-2-4-18(14)33-19(22(24,25)26)15(11-30-33)21(35)32-13-9-16(23)20(27-10-13)34-28-7-8-29-34/h2-11H,1H3,(H,32,35). The van der Waals surface area contributed by atoms with E-state index in [2.05, 4.69) is 30.6 Å². The van der Waals surface area contributed by atoms with Gasteiger partial charge in [-0.3, -0.25) is 9.78 Å². The van der Waals surface area contributed by atoms with Crippen LogP contribution in [0.25, 0.3) is 22.4 Å². The predicted octanol–water partition coefficient (Wildman–Crippen LogP) is 4.63. The van der Waals surface area contributed by atoms with Crippen LogP contribution < -0.4 is 5.32 Å². The van der Waals surface area contributed by atoms with Crippen molar-refractivity contribution in [2.45, 2.75) is 13.1 Å². The lowest BCUT2D eigenvalue weighted by Gasteiger charge is -2.14. The molecule has 0 aliphatic heterocycles. The fourth-order valence-corrected chi connectivity index (χ4v) is 3.81. The van der Waals surface area contributed by atoms with Crippen molar-refractivity contribution in [1.29, 1.82) is 0 Å². The molecule has 176 valence electrons. The van der Waals surface area contributed by atoms with E-state index < -0.39 is 23.3 Å². The number of carbonyl (C=O) groups is 1. The van der Waals surface area contributed by atoms with Crippen LogP contribution >= 0.6 is 11.6 Å². The van der Waals surface area contributed by atoms with E-state index in [0.717, 1.165) is 6.20 Å². The number of alkyl halides is 3. The van der Waals surface area contributed by atoms with Gasteiger partial charge in [-0.15, -0.1) is 4.80 Å². The van der Waals surface area contributed by atoms with Crippen LogP contribution in [0.2, 0.25) is 5.02 Å². The number of carbonyl (C=O) groups excluding carboxylic acids is 1. The van der Waals surface area contributed by atoms with E-state index in [1.807, 2.05) is 0 Å². The molecular formula is C22H14ClF3N8O. The van der Waals surface area contributed by atoms with Crippen LogP contribution in [-0.4, -0.2) is 40.6 Å². The van der Waals surface area contributed by atoms with Gasteiger partial charge in [0.25, 0.3) is 5.91 Å². The number of nitrogens with zero attached hydrogens (tertiary/aromatic N) is 7. The lowest BCUT2D eigenvalue weighted by molar-refractivity contribution is -0.143. The minimum Gasteiger partial charge on any atom is -0.320 e. The number of rotatable bonds is 4. The Hall–Kier alpha value is -4.32. The van der Waals surface area contributed by atoms with Crippen LogP contribution in [0, 0.1) is 6.92 Å². The molecule has 0 saturated carbocycles. The van der Waals surface area contributed by atoms with Gasteiger partial charge >= 0.3 is 6.18 Å². The Balaban J connectivity index is 1.53. The van der Waals surface area contributed by atoms with Gasteiger partial charge in [0.15, 0.2) is 11.5 Å². The first-order valence-corrected chi connectivity index (χ1v) is 10.5. The Morgan fingerprint density at radius 3 is 2.54 bits per heavy atom. The zero-order valence-electron chi connectivity index (χ0n) is 17.8. The molecule has 1 amide bonds. The average Bonchev–Trinajstić information content (AvgIpc) is 3.49. The molecule has 0 spiro atoms. The summed E-state index contributed by atoms with van der Waals surface area (Å²) in [6, 6.07) is 9.44. The van der Waals surface area contributed by atoms with Crippen molar-refractivity contribution in [3.63, 3.8) is 0 Å². The summed E-state index contributed by atoms with van der Waals surface area (Å²) >= 11 is 6.19. The molecule has 1 N–H and O–H groups in total. The molecule has 0 aliphatic carbocycles. The third kappa shape index (κ3) is 4.19. The number of anilines is 1. The molecule has 4 heterocycles. The Labute approximate surface area is 200 Å². The van der Waals surface area contributed by atoms with Crippen LogP contribution in [0.5, 0.6) is 0 Å². The normalized spacial score (nSPS) is 11.7. The predicted molar refractivity (Wildman–Crippen MR) is 121 cm³/mol. The largest absolute Gasteiger partial charge is 0.434 e. The summed E-state index contributed by atoms with van der Waals surface area (Å²) in [5.41, 5.74) is -0.441. The summed E-state index contributed by atoms with van der Waals surface area (Å²) in [6.07, 6.45) is 0.0812. The third-order valence-corrected chi connectivity index (χ3v) is 5.32. The van der Waals surface area contributed by atoms with Gasteiger partial charge < -0.3 is 5.32 Å². The number of hydrogen-bond donors (Lipinski definition) is 1. The van der Waals surface area contributed by atoms with Gasteiger partial charge in [-0.05, 0) is 37.3 Å². The molecule has 35 heavy (non-hydrogen) atoms. The van der Waals surface area contributed by atoms with Crippen LogP contribution in [0.3, 0.4) is 0 Å². The van der Waals surface area contributed by atoms with Gasteiger partial charge in [-0.2, -0.15) is 28.5 Å². The first kappa shape index (κ1) is 22.5. The molecule has 13 heteroatoms.